The molecular weight excluding hydrogens is 304 g/mol. The number of ether oxygens (including phenoxy) is 1. The van der Waals surface area contributed by atoms with Gasteiger partial charge in [-0.25, -0.2) is 9.78 Å². The van der Waals surface area contributed by atoms with E-state index in [9.17, 15) is 9.59 Å². The Kier molecular flexibility index (Phi) is 5.48. The van der Waals surface area contributed by atoms with Gasteiger partial charge in [0.15, 0.2) is 0 Å². The molecule has 1 heterocycles. The normalized spacial score (nSPS) is 11.7. The van der Waals surface area contributed by atoms with Crippen molar-refractivity contribution in [2.24, 2.45) is 0 Å². The van der Waals surface area contributed by atoms with Crippen molar-refractivity contribution in [2.45, 2.75) is 26.0 Å². The van der Waals surface area contributed by atoms with Crippen LogP contribution in [0.5, 0.6) is 0 Å². The van der Waals surface area contributed by atoms with Crippen molar-refractivity contribution < 1.29 is 19.4 Å². The Morgan fingerprint density at radius 2 is 2.09 bits per heavy atom. The highest BCUT2D eigenvalue weighted by Gasteiger charge is 2.21. The molecule has 1 amide bonds. The predicted octanol–water partition coefficient (Wildman–Crippen LogP) is 2.89. The molecule has 0 aliphatic carbocycles. The van der Waals surface area contributed by atoms with Crippen molar-refractivity contribution in [3.8, 4) is 0 Å². The fraction of sp³-hybridized carbons (Fsp3) is 0.267. The van der Waals surface area contributed by atoms with Gasteiger partial charge in [0.25, 0.3) is 0 Å². The Morgan fingerprint density at radius 3 is 2.68 bits per heavy atom. The van der Waals surface area contributed by atoms with Gasteiger partial charge in [-0.1, -0.05) is 30.3 Å². The molecule has 1 atom stereocenters. The predicted molar refractivity (Wildman–Crippen MR) is 81.6 cm³/mol. The second kappa shape index (κ2) is 7.56. The van der Waals surface area contributed by atoms with E-state index in [0.717, 1.165) is 10.4 Å². The molecule has 0 aliphatic heterocycles. The van der Waals surface area contributed by atoms with Crippen molar-refractivity contribution in [1.29, 1.82) is 0 Å². The van der Waals surface area contributed by atoms with Gasteiger partial charge in [0.1, 0.15) is 11.6 Å². The van der Waals surface area contributed by atoms with Crippen molar-refractivity contribution in [1.82, 2.24) is 10.3 Å². The smallest absolute Gasteiger partial charge is 0.408 e. The average Bonchev–Trinajstić information content (AvgIpc) is 2.92. The van der Waals surface area contributed by atoms with E-state index < -0.39 is 18.1 Å². The summed E-state index contributed by atoms with van der Waals surface area (Å²) >= 11 is 1.35. The first-order valence-corrected chi connectivity index (χ1v) is 7.47. The number of hydrogen-bond donors (Lipinski definition) is 2. The Balaban J connectivity index is 1.94. The molecule has 22 heavy (non-hydrogen) atoms. The minimum atomic E-state index is -1.01. The molecule has 0 radical (unpaired) electrons. The molecule has 0 saturated carbocycles. The van der Waals surface area contributed by atoms with Crippen LogP contribution in [-0.2, 0) is 16.1 Å². The van der Waals surface area contributed by atoms with Crippen molar-refractivity contribution in [2.75, 3.05) is 0 Å². The van der Waals surface area contributed by atoms with Gasteiger partial charge in [0.05, 0.1) is 12.5 Å². The number of aromatic nitrogens is 1. The Hall–Kier alpha value is -2.41. The maximum atomic E-state index is 11.8. The number of amides is 1. The second-order valence-corrected chi connectivity index (χ2v) is 5.93. The summed E-state index contributed by atoms with van der Waals surface area (Å²) in [5.41, 5.74) is 0.859. The third-order valence-corrected chi connectivity index (χ3v) is 3.85. The first-order chi connectivity index (χ1) is 10.5. The van der Waals surface area contributed by atoms with Gasteiger partial charge in [0, 0.05) is 11.1 Å². The Labute approximate surface area is 131 Å². The topological polar surface area (TPSA) is 88.5 Å². The van der Waals surface area contributed by atoms with Crippen LogP contribution >= 0.6 is 11.3 Å². The molecule has 0 fully saturated rings. The molecule has 1 aromatic heterocycles. The van der Waals surface area contributed by atoms with Crippen LogP contribution in [0.25, 0.3) is 0 Å². The van der Waals surface area contributed by atoms with Crippen LogP contribution in [0.3, 0.4) is 0 Å². The van der Waals surface area contributed by atoms with Crippen LogP contribution in [0, 0.1) is 6.92 Å². The Bertz CT molecular complexity index is 642. The second-order valence-electron chi connectivity index (χ2n) is 4.67. The fourth-order valence-corrected chi connectivity index (χ4v) is 2.64. The third-order valence-electron chi connectivity index (χ3n) is 2.82. The quantitative estimate of drug-likeness (QED) is 0.854. The van der Waals surface area contributed by atoms with Crippen molar-refractivity contribution >= 4 is 23.4 Å². The highest BCUT2D eigenvalue weighted by molar-refractivity contribution is 7.11. The van der Waals surface area contributed by atoms with E-state index in [2.05, 4.69) is 10.3 Å². The van der Waals surface area contributed by atoms with E-state index in [1.165, 1.54) is 11.3 Å². The number of hydrogen-bond acceptors (Lipinski definition) is 5. The van der Waals surface area contributed by atoms with Crippen molar-refractivity contribution in [3.05, 3.63) is 52.0 Å². The van der Waals surface area contributed by atoms with Crippen LogP contribution in [0.4, 0.5) is 4.79 Å². The number of aliphatic carboxylic acids is 1. The maximum Gasteiger partial charge on any atom is 0.408 e. The largest absolute Gasteiger partial charge is 0.481 e. The molecule has 0 spiro atoms. The molecule has 0 bridgehead atoms. The highest BCUT2D eigenvalue weighted by atomic mass is 32.1. The number of nitrogens with zero attached hydrogens (tertiary/aromatic N) is 1. The molecular formula is C15H16N2O4S. The lowest BCUT2D eigenvalue weighted by Crippen LogP contribution is -2.30. The van der Waals surface area contributed by atoms with E-state index in [1.54, 1.807) is 6.20 Å². The van der Waals surface area contributed by atoms with Crippen LogP contribution in [0.1, 0.15) is 27.9 Å². The number of carbonyl (C=O) groups is 2. The number of rotatable bonds is 6. The molecule has 1 aromatic carbocycles. The van der Waals surface area contributed by atoms with Gasteiger partial charge >= 0.3 is 12.1 Å². The van der Waals surface area contributed by atoms with Crippen LogP contribution < -0.4 is 5.32 Å². The molecule has 2 aromatic rings. The van der Waals surface area contributed by atoms with Gasteiger partial charge in [-0.05, 0) is 12.5 Å². The molecule has 7 heteroatoms. The summed E-state index contributed by atoms with van der Waals surface area (Å²) in [7, 11) is 0. The minimum absolute atomic E-state index is 0.128. The van der Waals surface area contributed by atoms with E-state index >= 15 is 0 Å². The number of carboxylic acids is 1. The lowest BCUT2D eigenvalue weighted by Gasteiger charge is -2.14. The molecule has 2 rings (SSSR count). The zero-order valence-electron chi connectivity index (χ0n) is 12.0. The van der Waals surface area contributed by atoms with Crippen LogP contribution in [-0.4, -0.2) is 22.2 Å². The average molecular weight is 320 g/mol. The van der Waals surface area contributed by atoms with Gasteiger partial charge in [-0.3, -0.25) is 4.79 Å². The van der Waals surface area contributed by atoms with E-state index in [4.69, 9.17) is 9.84 Å². The SMILES string of the molecule is Cc1cnc([C@H](CC(=O)O)NC(=O)OCc2ccccc2)s1. The summed E-state index contributed by atoms with van der Waals surface area (Å²) in [4.78, 5) is 27.8. The monoisotopic (exact) mass is 320 g/mol. The number of carboxylic acid groups (broad SMARTS) is 1. The maximum absolute atomic E-state index is 11.8. The summed E-state index contributed by atoms with van der Waals surface area (Å²) < 4.78 is 5.10. The van der Waals surface area contributed by atoms with Crippen molar-refractivity contribution in [3.63, 3.8) is 0 Å². The summed E-state index contributed by atoms with van der Waals surface area (Å²) in [5.74, 6) is -1.01. The fourth-order valence-electron chi connectivity index (χ4n) is 1.82. The van der Waals surface area contributed by atoms with Gasteiger partial charge in [0.2, 0.25) is 0 Å². The number of alkyl carbamates (subject to hydrolysis) is 1. The summed E-state index contributed by atoms with van der Waals surface area (Å²) in [6.45, 7) is 2.00. The number of carbonyl (C=O) groups excluding carboxylic acids is 1. The molecule has 6 nitrogen and oxygen atoms in total. The molecule has 2 N–H and O–H groups in total. The van der Waals surface area contributed by atoms with Crippen LogP contribution in [0.15, 0.2) is 36.5 Å². The third kappa shape index (κ3) is 4.85. The highest BCUT2D eigenvalue weighted by Crippen LogP contribution is 2.22. The van der Waals surface area contributed by atoms with E-state index in [0.29, 0.717) is 5.01 Å². The Morgan fingerprint density at radius 1 is 1.36 bits per heavy atom. The van der Waals surface area contributed by atoms with Gasteiger partial charge < -0.3 is 15.2 Å². The number of thiazole rings is 1. The van der Waals surface area contributed by atoms with E-state index in [1.807, 2.05) is 37.3 Å². The van der Waals surface area contributed by atoms with Gasteiger partial charge in [-0.15, -0.1) is 11.3 Å². The minimum Gasteiger partial charge on any atom is -0.481 e. The van der Waals surface area contributed by atoms with Crippen LogP contribution in [0.2, 0.25) is 0 Å². The van der Waals surface area contributed by atoms with Gasteiger partial charge in [-0.2, -0.15) is 0 Å². The zero-order chi connectivity index (χ0) is 15.9. The number of nitrogens with one attached hydrogen (secondary N) is 1. The number of benzene rings is 1. The number of aryl methyl sites for hydroxylation is 1. The summed E-state index contributed by atoms with van der Waals surface area (Å²) in [6.07, 6.45) is 0.738. The molecule has 0 aliphatic rings. The lowest BCUT2D eigenvalue weighted by molar-refractivity contribution is -0.137. The molecule has 0 saturated heterocycles. The first-order valence-electron chi connectivity index (χ1n) is 6.66. The molecule has 0 unspecified atom stereocenters. The van der Waals surface area contributed by atoms with E-state index in [-0.39, 0.29) is 13.0 Å². The summed E-state index contributed by atoms with van der Waals surface area (Å²) in [5, 5.41) is 12.1. The summed E-state index contributed by atoms with van der Waals surface area (Å²) in [6, 6.07) is 8.56. The zero-order valence-corrected chi connectivity index (χ0v) is 12.8. The molecule has 116 valence electrons. The standard InChI is InChI=1S/C15H16N2O4S/c1-10-8-16-14(22-10)12(7-13(18)19)17-15(20)21-9-11-5-3-2-4-6-11/h2-6,8,12H,7,9H2,1H3,(H,17,20)(H,18,19)/t12-/m0/s1. The first kappa shape index (κ1) is 16.0. The lowest BCUT2D eigenvalue weighted by atomic mass is 10.2.